The molecule has 0 aliphatic rings. The van der Waals surface area contributed by atoms with Crippen molar-refractivity contribution in [3.05, 3.63) is 48.2 Å². The molecule has 1 aromatic carbocycles. The molecule has 0 atom stereocenters. The Hall–Kier alpha value is -1.87. The minimum atomic E-state index is 0.777. The van der Waals surface area contributed by atoms with Gasteiger partial charge in [0.1, 0.15) is 5.82 Å². The third kappa shape index (κ3) is 3.12. The third-order valence-corrected chi connectivity index (χ3v) is 3.00. The Balaban J connectivity index is 2.52. The van der Waals surface area contributed by atoms with Gasteiger partial charge in [-0.15, -0.1) is 0 Å². The van der Waals surface area contributed by atoms with Crippen LogP contribution >= 0.6 is 0 Å². The second kappa shape index (κ2) is 5.85. The number of benzene rings is 1. The number of likely N-dealkylation sites (N-methyl/N-ethyl adjacent to an activating group) is 1. The summed E-state index contributed by atoms with van der Waals surface area (Å²) in [5.74, 6) is 1.02. The molecule has 0 saturated heterocycles. The molecule has 19 heavy (non-hydrogen) atoms. The van der Waals surface area contributed by atoms with Gasteiger partial charge in [-0.2, -0.15) is 0 Å². The van der Waals surface area contributed by atoms with Crippen LogP contribution in [0.25, 0.3) is 10.8 Å². The average molecular weight is 255 g/mol. The summed E-state index contributed by atoms with van der Waals surface area (Å²) in [5.41, 5.74) is 2.19. The van der Waals surface area contributed by atoms with Crippen LogP contribution in [0.3, 0.4) is 0 Å². The maximum atomic E-state index is 4.77. The second-order valence-electron chi connectivity index (χ2n) is 5.00. The van der Waals surface area contributed by atoms with Crippen LogP contribution in [0.2, 0.25) is 0 Å². The van der Waals surface area contributed by atoms with Crippen LogP contribution in [0.1, 0.15) is 12.6 Å². The Bertz CT molecular complexity index is 590. The van der Waals surface area contributed by atoms with Crippen molar-refractivity contribution < 1.29 is 0 Å². The van der Waals surface area contributed by atoms with E-state index in [0.29, 0.717) is 0 Å². The van der Waals surface area contributed by atoms with Crippen LogP contribution in [-0.2, 0) is 6.54 Å². The quantitative estimate of drug-likeness (QED) is 0.833. The molecule has 0 amide bonds. The van der Waals surface area contributed by atoms with E-state index in [1.807, 2.05) is 14.0 Å². The van der Waals surface area contributed by atoms with Crippen LogP contribution in [-0.4, -0.2) is 25.6 Å². The van der Waals surface area contributed by atoms with Crippen LogP contribution < -0.4 is 10.2 Å². The van der Waals surface area contributed by atoms with E-state index >= 15 is 0 Å². The fourth-order valence-electron chi connectivity index (χ4n) is 2.28. The lowest BCUT2D eigenvalue weighted by atomic mass is 10.1. The minimum Gasteiger partial charge on any atom is -0.355 e. The fourth-order valence-corrected chi connectivity index (χ4v) is 2.28. The molecule has 1 heterocycles. The number of hydrogen-bond donors (Lipinski definition) is 1. The van der Waals surface area contributed by atoms with E-state index in [0.717, 1.165) is 30.2 Å². The van der Waals surface area contributed by atoms with E-state index in [1.165, 1.54) is 10.8 Å². The Morgan fingerprint density at radius 1 is 1.37 bits per heavy atom. The summed E-state index contributed by atoms with van der Waals surface area (Å²) in [5, 5.41) is 5.57. The van der Waals surface area contributed by atoms with Gasteiger partial charge >= 0.3 is 0 Å². The van der Waals surface area contributed by atoms with Crippen molar-refractivity contribution >= 4 is 16.6 Å². The summed E-state index contributed by atoms with van der Waals surface area (Å²) in [4.78, 5) is 6.92. The van der Waals surface area contributed by atoms with Gasteiger partial charge in [0, 0.05) is 25.5 Å². The maximum Gasteiger partial charge on any atom is 0.136 e. The van der Waals surface area contributed by atoms with Crippen LogP contribution in [0.4, 0.5) is 5.82 Å². The van der Waals surface area contributed by atoms with Crippen molar-refractivity contribution in [1.82, 2.24) is 10.3 Å². The number of rotatable bonds is 5. The molecule has 0 aliphatic carbocycles. The molecule has 0 bridgehead atoms. The Kier molecular flexibility index (Phi) is 4.17. The van der Waals surface area contributed by atoms with E-state index < -0.39 is 0 Å². The summed E-state index contributed by atoms with van der Waals surface area (Å²) >= 11 is 0. The van der Waals surface area contributed by atoms with Crippen molar-refractivity contribution in [3.63, 3.8) is 0 Å². The number of aromatic nitrogens is 1. The van der Waals surface area contributed by atoms with Gasteiger partial charge in [-0.25, -0.2) is 4.98 Å². The molecule has 0 spiro atoms. The number of fused-ring (bicyclic) bond motifs is 1. The molecule has 3 nitrogen and oxygen atoms in total. The predicted octanol–water partition coefficient (Wildman–Crippen LogP) is 2.97. The SMILES string of the molecule is C=C(C)CN(C)c1nc(CNC)cc2ccccc12. The molecular weight excluding hydrogens is 234 g/mol. The minimum absolute atomic E-state index is 0.777. The van der Waals surface area contributed by atoms with Crippen molar-refractivity contribution in [3.8, 4) is 0 Å². The molecule has 2 aromatic rings. The van der Waals surface area contributed by atoms with Crippen molar-refractivity contribution in [2.24, 2.45) is 0 Å². The number of anilines is 1. The Morgan fingerprint density at radius 2 is 2.11 bits per heavy atom. The Labute approximate surface area is 115 Å². The first kappa shape index (κ1) is 13.6. The monoisotopic (exact) mass is 255 g/mol. The van der Waals surface area contributed by atoms with E-state index in [1.54, 1.807) is 0 Å². The van der Waals surface area contributed by atoms with E-state index in [-0.39, 0.29) is 0 Å². The molecule has 2 rings (SSSR count). The highest BCUT2D eigenvalue weighted by molar-refractivity contribution is 5.92. The third-order valence-electron chi connectivity index (χ3n) is 3.00. The lowest BCUT2D eigenvalue weighted by Gasteiger charge is -2.21. The largest absolute Gasteiger partial charge is 0.355 e. The molecule has 0 radical (unpaired) electrons. The first-order valence-electron chi connectivity index (χ1n) is 6.50. The zero-order valence-electron chi connectivity index (χ0n) is 11.9. The molecule has 1 aromatic heterocycles. The van der Waals surface area contributed by atoms with Gasteiger partial charge in [-0.05, 0) is 25.4 Å². The highest BCUT2D eigenvalue weighted by atomic mass is 15.2. The van der Waals surface area contributed by atoms with Crippen molar-refractivity contribution in [2.75, 3.05) is 25.5 Å². The molecule has 0 aliphatic heterocycles. The maximum absolute atomic E-state index is 4.77. The van der Waals surface area contributed by atoms with Gasteiger partial charge in [0.25, 0.3) is 0 Å². The molecule has 0 saturated carbocycles. The summed E-state index contributed by atoms with van der Waals surface area (Å²) in [6.45, 7) is 7.61. The first-order valence-corrected chi connectivity index (χ1v) is 6.50. The van der Waals surface area contributed by atoms with Gasteiger partial charge in [0.05, 0.1) is 5.69 Å². The zero-order valence-corrected chi connectivity index (χ0v) is 11.9. The molecule has 0 unspecified atom stereocenters. The molecule has 1 N–H and O–H groups in total. The van der Waals surface area contributed by atoms with Gasteiger partial charge in [0.2, 0.25) is 0 Å². The second-order valence-corrected chi connectivity index (χ2v) is 5.00. The van der Waals surface area contributed by atoms with Gasteiger partial charge in [-0.1, -0.05) is 36.4 Å². The first-order chi connectivity index (χ1) is 9.11. The summed E-state index contributed by atoms with van der Waals surface area (Å²) in [7, 11) is 4.00. The van der Waals surface area contributed by atoms with Crippen molar-refractivity contribution in [2.45, 2.75) is 13.5 Å². The van der Waals surface area contributed by atoms with Crippen LogP contribution in [0.5, 0.6) is 0 Å². The summed E-state index contributed by atoms with van der Waals surface area (Å²) in [6.07, 6.45) is 0. The van der Waals surface area contributed by atoms with Gasteiger partial charge in [-0.3, -0.25) is 0 Å². The van der Waals surface area contributed by atoms with Gasteiger partial charge < -0.3 is 10.2 Å². The van der Waals surface area contributed by atoms with E-state index in [9.17, 15) is 0 Å². The van der Waals surface area contributed by atoms with Crippen LogP contribution in [0, 0.1) is 0 Å². The topological polar surface area (TPSA) is 28.2 Å². The van der Waals surface area contributed by atoms with Crippen molar-refractivity contribution in [1.29, 1.82) is 0 Å². The number of nitrogens with zero attached hydrogens (tertiary/aromatic N) is 2. The predicted molar refractivity (Wildman–Crippen MR) is 82.6 cm³/mol. The smallest absolute Gasteiger partial charge is 0.136 e. The zero-order chi connectivity index (χ0) is 13.8. The molecule has 0 fully saturated rings. The molecular formula is C16H21N3. The Morgan fingerprint density at radius 3 is 2.79 bits per heavy atom. The highest BCUT2D eigenvalue weighted by Gasteiger charge is 2.09. The van der Waals surface area contributed by atoms with Crippen LogP contribution in [0.15, 0.2) is 42.5 Å². The summed E-state index contributed by atoms with van der Waals surface area (Å²) < 4.78 is 0. The average Bonchev–Trinajstić information content (AvgIpc) is 2.37. The molecule has 3 heteroatoms. The van der Waals surface area contributed by atoms with E-state index in [2.05, 4.69) is 54.2 Å². The lowest BCUT2D eigenvalue weighted by molar-refractivity contribution is 0.789. The van der Waals surface area contributed by atoms with E-state index in [4.69, 9.17) is 4.98 Å². The number of pyridine rings is 1. The fraction of sp³-hybridized carbons (Fsp3) is 0.312. The normalized spacial score (nSPS) is 10.7. The number of nitrogens with one attached hydrogen (secondary N) is 1. The lowest BCUT2D eigenvalue weighted by Crippen LogP contribution is -2.21. The highest BCUT2D eigenvalue weighted by Crippen LogP contribution is 2.25. The molecule has 100 valence electrons. The standard InChI is InChI=1S/C16H21N3/c1-12(2)11-19(4)16-15-8-6-5-7-13(15)9-14(18-16)10-17-3/h5-9,17H,1,10-11H2,2-4H3. The number of hydrogen-bond acceptors (Lipinski definition) is 3. The van der Waals surface area contributed by atoms with Gasteiger partial charge in [0.15, 0.2) is 0 Å². The summed E-state index contributed by atoms with van der Waals surface area (Å²) in [6, 6.07) is 10.5.